The molecular formula is C11H12BrFO. The molecule has 1 aliphatic carbocycles. The average molecular weight is 259 g/mol. The number of hydrogen-bond acceptors (Lipinski definition) is 1. The van der Waals surface area contributed by atoms with Gasteiger partial charge in [0.15, 0.2) is 11.6 Å². The van der Waals surface area contributed by atoms with Crippen molar-refractivity contribution in [2.75, 3.05) is 7.11 Å². The van der Waals surface area contributed by atoms with Crippen molar-refractivity contribution in [3.05, 3.63) is 27.5 Å². The standard InChI is InChI=1S/C11H12BrFO/c1-14-11-9(13)6-7-4-2-3-5-8(7)10(11)12/h6H,2-5H2,1H3. The van der Waals surface area contributed by atoms with Crippen LogP contribution in [0.2, 0.25) is 0 Å². The second-order valence-electron chi connectivity index (χ2n) is 3.55. The lowest BCUT2D eigenvalue weighted by molar-refractivity contribution is 0.382. The molecule has 0 amide bonds. The monoisotopic (exact) mass is 258 g/mol. The molecule has 0 atom stereocenters. The first kappa shape index (κ1) is 9.97. The van der Waals surface area contributed by atoms with Crippen molar-refractivity contribution in [2.24, 2.45) is 0 Å². The smallest absolute Gasteiger partial charge is 0.168 e. The third-order valence-corrected chi connectivity index (χ3v) is 3.54. The number of aryl methyl sites for hydroxylation is 1. The van der Waals surface area contributed by atoms with Crippen molar-refractivity contribution in [3.63, 3.8) is 0 Å². The SMILES string of the molecule is COc1c(F)cc2c(c1Br)CCCC2. The molecule has 0 bridgehead atoms. The summed E-state index contributed by atoms with van der Waals surface area (Å²) in [5.41, 5.74) is 2.34. The molecule has 0 aromatic heterocycles. The van der Waals surface area contributed by atoms with Crippen LogP contribution in [-0.4, -0.2) is 7.11 Å². The van der Waals surface area contributed by atoms with Gasteiger partial charge >= 0.3 is 0 Å². The van der Waals surface area contributed by atoms with E-state index in [0.717, 1.165) is 29.3 Å². The summed E-state index contributed by atoms with van der Waals surface area (Å²) >= 11 is 3.41. The highest BCUT2D eigenvalue weighted by Crippen LogP contribution is 2.37. The molecule has 1 aliphatic rings. The molecular weight excluding hydrogens is 247 g/mol. The minimum atomic E-state index is -0.264. The molecule has 76 valence electrons. The molecule has 2 rings (SSSR count). The van der Waals surface area contributed by atoms with Crippen molar-refractivity contribution < 1.29 is 9.13 Å². The fourth-order valence-electron chi connectivity index (χ4n) is 1.99. The van der Waals surface area contributed by atoms with Crippen LogP contribution >= 0.6 is 15.9 Å². The van der Waals surface area contributed by atoms with Crippen molar-refractivity contribution >= 4 is 15.9 Å². The molecule has 3 heteroatoms. The maximum Gasteiger partial charge on any atom is 0.168 e. The third-order valence-electron chi connectivity index (χ3n) is 2.70. The van der Waals surface area contributed by atoms with E-state index in [1.165, 1.54) is 19.1 Å². The Labute approximate surface area is 91.4 Å². The predicted octanol–water partition coefficient (Wildman–Crippen LogP) is 3.48. The first-order valence-electron chi connectivity index (χ1n) is 4.77. The Balaban J connectivity index is 2.57. The van der Waals surface area contributed by atoms with Gasteiger partial charge < -0.3 is 4.74 Å². The molecule has 0 spiro atoms. The van der Waals surface area contributed by atoms with Gasteiger partial charge in [0.25, 0.3) is 0 Å². The Hall–Kier alpha value is -0.570. The van der Waals surface area contributed by atoms with Gasteiger partial charge in [-0.2, -0.15) is 0 Å². The number of methoxy groups -OCH3 is 1. The number of halogens is 2. The van der Waals surface area contributed by atoms with Crippen LogP contribution in [-0.2, 0) is 12.8 Å². The van der Waals surface area contributed by atoms with E-state index >= 15 is 0 Å². The number of rotatable bonds is 1. The lowest BCUT2D eigenvalue weighted by Gasteiger charge is -2.19. The van der Waals surface area contributed by atoms with Crippen LogP contribution in [0.4, 0.5) is 4.39 Å². The Bertz CT molecular complexity index is 363. The third kappa shape index (κ3) is 1.54. The summed E-state index contributed by atoms with van der Waals surface area (Å²) in [6.07, 6.45) is 4.34. The van der Waals surface area contributed by atoms with Gasteiger partial charge in [-0.1, -0.05) is 0 Å². The molecule has 0 heterocycles. The highest BCUT2D eigenvalue weighted by atomic mass is 79.9. The van der Waals surface area contributed by atoms with Gasteiger partial charge in [-0.3, -0.25) is 0 Å². The first-order chi connectivity index (χ1) is 6.74. The molecule has 0 N–H and O–H groups in total. The number of hydrogen-bond donors (Lipinski definition) is 0. The van der Waals surface area contributed by atoms with Crippen molar-refractivity contribution in [1.29, 1.82) is 0 Å². The molecule has 0 fully saturated rings. The van der Waals surface area contributed by atoms with Gasteiger partial charge in [0.05, 0.1) is 11.6 Å². The number of ether oxygens (including phenoxy) is 1. The molecule has 0 aliphatic heterocycles. The van der Waals surface area contributed by atoms with Gasteiger partial charge in [-0.15, -0.1) is 0 Å². The summed E-state index contributed by atoms with van der Waals surface area (Å²) in [4.78, 5) is 0. The summed E-state index contributed by atoms with van der Waals surface area (Å²) in [6, 6.07) is 1.61. The zero-order valence-electron chi connectivity index (χ0n) is 8.07. The number of benzene rings is 1. The number of fused-ring (bicyclic) bond motifs is 1. The van der Waals surface area contributed by atoms with E-state index in [1.807, 2.05) is 0 Å². The highest BCUT2D eigenvalue weighted by molar-refractivity contribution is 9.10. The minimum absolute atomic E-state index is 0.264. The van der Waals surface area contributed by atoms with Gasteiger partial charge in [-0.05, 0) is 58.8 Å². The van der Waals surface area contributed by atoms with Gasteiger partial charge in [0, 0.05) is 0 Å². The van der Waals surface area contributed by atoms with Crippen LogP contribution in [0.1, 0.15) is 24.0 Å². The largest absolute Gasteiger partial charge is 0.492 e. The Morgan fingerprint density at radius 3 is 2.79 bits per heavy atom. The maximum absolute atomic E-state index is 13.5. The van der Waals surface area contributed by atoms with Crippen LogP contribution in [0, 0.1) is 5.82 Å². The molecule has 0 radical (unpaired) electrons. The predicted molar refractivity (Wildman–Crippen MR) is 57.3 cm³/mol. The average Bonchev–Trinajstić information content (AvgIpc) is 2.18. The first-order valence-corrected chi connectivity index (χ1v) is 5.57. The molecule has 0 saturated heterocycles. The molecule has 0 unspecified atom stereocenters. The van der Waals surface area contributed by atoms with Crippen molar-refractivity contribution in [1.82, 2.24) is 0 Å². The fraction of sp³-hybridized carbons (Fsp3) is 0.455. The van der Waals surface area contributed by atoms with Crippen molar-refractivity contribution in [3.8, 4) is 5.75 Å². The van der Waals surface area contributed by atoms with Crippen LogP contribution in [0.25, 0.3) is 0 Å². The van der Waals surface area contributed by atoms with Gasteiger partial charge in [-0.25, -0.2) is 4.39 Å². The molecule has 1 aromatic rings. The normalized spacial score (nSPS) is 15.1. The lowest BCUT2D eigenvalue weighted by atomic mass is 9.91. The molecule has 1 aromatic carbocycles. The summed E-state index contributed by atoms with van der Waals surface area (Å²) < 4.78 is 19.3. The Morgan fingerprint density at radius 1 is 1.36 bits per heavy atom. The topological polar surface area (TPSA) is 9.23 Å². The second-order valence-corrected chi connectivity index (χ2v) is 4.34. The van der Waals surface area contributed by atoms with E-state index in [0.29, 0.717) is 5.75 Å². The van der Waals surface area contributed by atoms with Gasteiger partial charge in [0.2, 0.25) is 0 Å². The van der Waals surface area contributed by atoms with Crippen LogP contribution in [0.15, 0.2) is 10.5 Å². The van der Waals surface area contributed by atoms with E-state index in [-0.39, 0.29) is 5.82 Å². The van der Waals surface area contributed by atoms with Crippen molar-refractivity contribution in [2.45, 2.75) is 25.7 Å². The molecule has 1 nitrogen and oxygen atoms in total. The zero-order valence-corrected chi connectivity index (χ0v) is 9.66. The molecule has 0 saturated carbocycles. The van der Waals surface area contributed by atoms with E-state index in [2.05, 4.69) is 15.9 Å². The highest BCUT2D eigenvalue weighted by Gasteiger charge is 2.19. The summed E-state index contributed by atoms with van der Waals surface area (Å²) in [5, 5.41) is 0. The van der Waals surface area contributed by atoms with E-state index in [1.54, 1.807) is 6.07 Å². The van der Waals surface area contributed by atoms with E-state index in [4.69, 9.17) is 4.74 Å². The van der Waals surface area contributed by atoms with E-state index in [9.17, 15) is 4.39 Å². The Morgan fingerprint density at radius 2 is 2.07 bits per heavy atom. The summed E-state index contributed by atoms with van der Waals surface area (Å²) in [5.74, 6) is 0.0747. The lowest BCUT2D eigenvalue weighted by Crippen LogP contribution is -2.06. The quantitative estimate of drug-likeness (QED) is 0.750. The van der Waals surface area contributed by atoms with E-state index < -0.39 is 0 Å². The van der Waals surface area contributed by atoms with Crippen LogP contribution in [0.3, 0.4) is 0 Å². The second kappa shape index (κ2) is 3.89. The maximum atomic E-state index is 13.5. The Kier molecular flexibility index (Phi) is 2.77. The fourth-order valence-corrected chi connectivity index (χ4v) is 2.79. The molecule has 14 heavy (non-hydrogen) atoms. The van der Waals surface area contributed by atoms with Gasteiger partial charge in [0.1, 0.15) is 0 Å². The minimum Gasteiger partial charge on any atom is -0.492 e. The van der Waals surface area contributed by atoms with Crippen LogP contribution in [0.5, 0.6) is 5.75 Å². The summed E-state index contributed by atoms with van der Waals surface area (Å²) in [6.45, 7) is 0. The summed E-state index contributed by atoms with van der Waals surface area (Å²) in [7, 11) is 1.50. The zero-order chi connectivity index (χ0) is 10.1. The van der Waals surface area contributed by atoms with Crippen LogP contribution < -0.4 is 4.74 Å².